The fourth-order valence-electron chi connectivity index (χ4n) is 1.88. The van der Waals surface area contributed by atoms with Gasteiger partial charge >= 0.3 is 0 Å². The molecule has 0 amide bonds. The largest absolute Gasteiger partial charge is 0.316 e. The maximum atomic E-state index is 6.04. The summed E-state index contributed by atoms with van der Waals surface area (Å²) < 4.78 is 0. The average molecular weight is 274 g/mol. The van der Waals surface area contributed by atoms with Crippen LogP contribution < -0.4 is 5.32 Å². The van der Waals surface area contributed by atoms with E-state index in [2.05, 4.69) is 32.2 Å². The van der Waals surface area contributed by atoms with Gasteiger partial charge in [0.1, 0.15) is 0 Å². The lowest BCUT2D eigenvalue weighted by atomic mass is 9.81. The lowest BCUT2D eigenvalue weighted by Crippen LogP contribution is -2.33. The predicted molar refractivity (Wildman–Crippen MR) is 77.1 cm³/mol. The third kappa shape index (κ3) is 4.50. The van der Waals surface area contributed by atoms with E-state index >= 15 is 0 Å². The van der Waals surface area contributed by atoms with Crippen molar-refractivity contribution in [3.05, 3.63) is 33.8 Å². The summed E-state index contributed by atoms with van der Waals surface area (Å²) in [6.07, 6.45) is 2.16. The van der Waals surface area contributed by atoms with Gasteiger partial charge in [0.15, 0.2) is 0 Å². The second-order valence-electron chi connectivity index (χ2n) is 4.87. The normalized spacial score (nSPS) is 14.6. The van der Waals surface area contributed by atoms with Gasteiger partial charge in [0.05, 0.1) is 10.0 Å². The lowest BCUT2D eigenvalue weighted by molar-refractivity contribution is 0.293. The zero-order chi connectivity index (χ0) is 12.9. The first-order chi connectivity index (χ1) is 8.00. The van der Waals surface area contributed by atoms with Crippen LogP contribution in [-0.2, 0) is 6.42 Å². The maximum Gasteiger partial charge on any atom is 0.0595 e. The summed E-state index contributed by atoms with van der Waals surface area (Å²) in [5.74, 6) is 0. The summed E-state index contributed by atoms with van der Waals surface area (Å²) in [5, 5.41) is 4.70. The minimum Gasteiger partial charge on any atom is -0.316 e. The molecular weight excluding hydrogens is 253 g/mol. The predicted octanol–water partition coefficient (Wildman–Crippen LogP) is 4.56. The molecular formula is C14H21Cl2N. The summed E-state index contributed by atoms with van der Waals surface area (Å²) in [7, 11) is 0. The molecule has 0 aliphatic heterocycles. The first kappa shape index (κ1) is 14.8. The summed E-state index contributed by atoms with van der Waals surface area (Å²) >= 11 is 12.0. The highest BCUT2D eigenvalue weighted by atomic mass is 35.5. The highest BCUT2D eigenvalue weighted by molar-refractivity contribution is 6.42. The minimum absolute atomic E-state index is 0.271. The summed E-state index contributed by atoms with van der Waals surface area (Å²) in [6.45, 7) is 8.71. The van der Waals surface area contributed by atoms with Crippen molar-refractivity contribution in [3.63, 3.8) is 0 Å². The molecule has 0 heterocycles. The Labute approximate surface area is 115 Å². The molecule has 0 fully saturated rings. The van der Waals surface area contributed by atoms with E-state index in [0.29, 0.717) is 10.0 Å². The van der Waals surface area contributed by atoms with Crippen molar-refractivity contribution in [2.75, 3.05) is 13.1 Å². The molecule has 1 rings (SSSR count). The van der Waals surface area contributed by atoms with Crippen molar-refractivity contribution >= 4 is 23.2 Å². The van der Waals surface area contributed by atoms with Gasteiger partial charge in [-0.15, -0.1) is 0 Å². The van der Waals surface area contributed by atoms with Gasteiger partial charge in [-0.1, -0.05) is 50.0 Å². The smallest absolute Gasteiger partial charge is 0.0595 e. The lowest BCUT2D eigenvalue weighted by Gasteiger charge is -2.28. The van der Waals surface area contributed by atoms with Crippen molar-refractivity contribution < 1.29 is 0 Å². The van der Waals surface area contributed by atoms with Gasteiger partial charge in [-0.25, -0.2) is 0 Å². The Hall–Kier alpha value is -0.240. The summed E-state index contributed by atoms with van der Waals surface area (Å²) in [6, 6.07) is 5.92. The van der Waals surface area contributed by atoms with Crippen LogP contribution in [0.1, 0.15) is 32.8 Å². The molecule has 1 atom stereocenters. The van der Waals surface area contributed by atoms with Gasteiger partial charge < -0.3 is 5.32 Å². The topological polar surface area (TPSA) is 12.0 Å². The molecule has 0 bridgehead atoms. The second kappa shape index (κ2) is 6.63. The van der Waals surface area contributed by atoms with Crippen LogP contribution >= 0.6 is 23.2 Å². The first-order valence-corrected chi connectivity index (χ1v) is 6.91. The standard InChI is InChI=1S/C14H21Cl2N/c1-4-14(3,10-17-5-2)9-11-6-7-12(15)13(16)8-11/h6-8,17H,4-5,9-10H2,1-3H3. The molecule has 17 heavy (non-hydrogen) atoms. The first-order valence-electron chi connectivity index (χ1n) is 6.15. The Morgan fingerprint density at radius 1 is 1.18 bits per heavy atom. The molecule has 0 saturated heterocycles. The van der Waals surface area contributed by atoms with E-state index in [-0.39, 0.29) is 5.41 Å². The second-order valence-corrected chi connectivity index (χ2v) is 5.68. The molecule has 0 aliphatic carbocycles. The fourth-order valence-corrected chi connectivity index (χ4v) is 2.20. The average Bonchev–Trinajstić information content (AvgIpc) is 2.31. The third-order valence-electron chi connectivity index (χ3n) is 3.27. The number of nitrogens with one attached hydrogen (secondary N) is 1. The maximum absolute atomic E-state index is 6.04. The van der Waals surface area contributed by atoms with Crippen LogP contribution in [0, 0.1) is 5.41 Å². The van der Waals surface area contributed by atoms with Crippen LogP contribution in [0.5, 0.6) is 0 Å². The molecule has 0 radical (unpaired) electrons. The summed E-state index contributed by atoms with van der Waals surface area (Å²) in [5.41, 5.74) is 1.52. The van der Waals surface area contributed by atoms with E-state index in [1.165, 1.54) is 5.56 Å². The van der Waals surface area contributed by atoms with Crippen LogP contribution in [0.15, 0.2) is 18.2 Å². The van der Waals surface area contributed by atoms with E-state index < -0.39 is 0 Å². The number of halogens is 2. The molecule has 0 saturated carbocycles. The van der Waals surface area contributed by atoms with Gasteiger partial charge in [-0.05, 0) is 42.5 Å². The number of benzene rings is 1. The fraction of sp³-hybridized carbons (Fsp3) is 0.571. The number of rotatable bonds is 6. The number of hydrogen-bond donors (Lipinski definition) is 1. The Kier molecular flexibility index (Phi) is 5.78. The highest BCUT2D eigenvalue weighted by Gasteiger charge is 2.22. The Bertz CT molecular complexity index is 365. The van der Waals surface area contributed by atoms with Crippen LogP contribution in [0.25, 0.3) is 0 Å². The van der Waals surface area contributed by atoms with Gasteiger partial charge in [0, 0.05) is 6.54 Å². The number of hydrogen-bond acceptors (Lipinski definition) is 1. The Morgan fingerprint density at radius 2 is 1.88 bits per heavy atom. The third-order valence-corrected chi connectivity index (χ3v) is 4.01. The van der Waals surface area contributed by atoms with Gasteiger partial charge in [-0.2, -0.15) is 0 Å². The zero-order valence-corrected chi connectivity index (χ0v) is 12.3. The van der Waals surface area contributed by atoms with Crippen LogP contribution in [0.3, 0.4) is 0 Å². The quantitative estimate of drug-likeness (QED) is 0.801. The molecule has 3 heteroatoms. The highest BCUT2D eigenvalue weighted by Crippen LogP contribution is 2.29. The Balaban J connectivity index is 2.76. The van der Waals surface area contributed by atoms with E-state index in [9.17, 15) is 0 Å². The van der Waals surface area contributed by atoms with Crippen LogP contribution in [0.4, 0.5) is 0 Å². The molecule has 1 aromatic carbocycles. The molecule has 1 unspecified atom stereocenters. The van der Waals surface area contributed by atoms with Crippen molar-refractivity contribution in [3.8, 4) is 0 Å². The van der Waals surface area contributed by atoms with Gasteiger partial charge in [-0.3, -0.25) is 0 Å². The van der Waals surface area contributed by atoms with Gasteiger partial charge in [0.2, 0.25) is 0 Å². The molecule has 1 N–H and O–H groups in total. The van der Waals surface area contributed by atoms with Crippen molar-refractivity contribution in [2.24, 2.45) is 5.41 Å². The van der Waals surface area contributed by atoms with Crippen molar-refractivity contribution in [2.45, 2.75) is 33.6 Å². The minimum atomic E-state index is 0.271. The van der Waals surface area contributed by atoms with Crippen molar-refractivity contribution in [1.82, 2.24) is 5.32 Å². The van der Waals surface area contributed by atoms with Crippen LogP contribution in [0.2, 0.25) is 10.0 Å². The van der Waals surface area contributed by atoms with Crippen molar-refractivity contribution in [1.29, 1.82) is 0 Å². The monoisotopic (exact) mass is 273 g/mol. The molecule has 0 spiro atoms. The van der Waals surface area contributed by atoms with E-state index in [0.717, 1.165) is 25.9 Å². The molecule has 0 aromatic heterocycles. The van der Waals surface area contributed by atoms with E-state index in [1.807, 2.05) is 12.1 Å². The molecule has 96 valence electrons. The van der Waals surface area contributed by atoms with Crippen LogP contribution in [-0.4, -0.2) is 13.1 Å². The van der Waals surface area contributed by atoms with E-state index in [1.54, 1.807) is 0 Å². The molecule has 1 aromatic rings. The Morgan fingerprint density at radius 3 is 2.41 bits per heavy atom. The summed E-state index contributed by atoms with van der Waals surface area (Å²) in [4.78, 5) is 0. The SMILES string of the molecule is CCNCC(C)(CC)Cc1ccc(Cl)c(Cl)c1. The molecule has 0 aliphatic rings. The van der Waals surface area contributed by atoms with E-state index in [4.69, 9.17) is 23.2 Å². The van der Waals surface area contributed by atoms with Gasteiger partial charge in [0.25, 0.3) is 0 Å². The zero-order valence-electron chi connectivity index (χ0n) is 10.8. The molecule has 1 nitrogen and oxygen atoms in total.